The van der Waals surface area contributed by atoms with Crippen LogP contribution in [-0.2, 0) is 16.0 Å². The summed E-state index contributed by atoms with van der Waals surface area (Å²) in [6.07, 6.45) is 10.6. The average Bonchev–Trinajstić information content (AvgIpc) is 3.22. The van der Waals surface area contributed by atoms with Gasteiger partial charge in [-0.25, -0.2) is 4.98 Å². The van der Waals surface area contributed by atoms with Crippen LogP contribution in [0.4, 0.5) is 11.6 Å². The third-order valence-corrected chi connectivity index (χ3v) is 9.85. The number of benzene rings is 2. The maximum atomic E-state index is 13.8. The van der Waals surface area contributed by atoms with Crippen molar-refractivity contribution in [1.82, 2.24) is 24.6 Å². The molecule has 0 saturated carbocycles. The second-order valence-corrected chi connectivity index (χ2v) is 13.7. The Balaban J connectivity index is 1.07. The number of hydrogen-bond acceptors (Lipinski definition) is 11. The van der Waals surface area contributed by atoms with Gasteiger partial charge in [0.05, 0.1) is 32.3 Å². The molecule has 0 bridgehead atoms. The topological polar surface area (TPSA) is 156 Å². The Morgan fingerprint density at radius 3 is 2.42 bits per heavy atom. The zero-order valence-corrected chi connectivity index (χ0v) is 31.1. The molecule has 2 saturated heterocycles. The standard InChI is InChI=1S/C42H45N7O6/c1-28-4-6-30(7-5-28)34-26-49(25-29-12-18-53-19-13-29)27-35(40(34)50)42(51)45-39-11-9-36(46-47-39)33-22-32(24-44-41(33)43)31-8-10-37(38(23-31)52-2)55-17-3-14-48-15-20-54-21-16-48/h3-11,17,22-24,26-27,29H,12-16,18-21,25H2,1-2H3,(H2,43,44)(H,45,47,51)/b17-3+. The number of amides is 1. The lowest BCUT2D eigenvalue weighted by atomic mass is 9.99. The molecule has 0 atom stereocenters. The quantitative estimate of drug-likeness (QED) is 0.148. The third kappa shape index (κ3) is 9.26. The Hall–Kier alpha value is -5.89. The van der Waals surface area contributed by atoms with Gasteiger partial charge >= 0.3 is 0 Å². The van der Waals surface area contributed by atoms with E-state index in [2.05, 4.69) is 25.4 Å². The number of aryl methyl sites for hydroxylation is 1. The van der Waals surface area contributed by atoms with Gasteiger partial charge in [0.25, 0.3) is 5.91 Å². The second-order valence-electron chi connectivity index (χ2n) is 13.7. The Morgan fingerprint density at radius 1 is 0.909 bits per heavy atom. The lowest BCUT2D eigenvalue weighted by Gasteiger charge is -2.24. The number of morpholine rings is 1. The summed E-state index contributed by atoms with van der Waals surface area (Å²) in [4.78, 5) is 34.1. The number of aromatic nitrogens is 4. The van der Waals surface area contributed by atoms with Crippen LogP contribution in [0.2, 0.25) is 0 Å². The van der Waals surface area contributed by atoms with Crippen LogP contribution in [0.25, 0.3) is 33.5 Å². The molecule has 55 heavy (non-hydrogen) atoms. The van der Waals surface area contributed by atoms with Crippen LogP contribution in [-0.4, -0.2) is 83.7 Å². The number of carbonyl (C=O) groups is 1. The van der Waals surface area contributed by atoms with Gasteiger partial charge in [-0.2, -0.15) is 0 Å². The van der Waals surface area contributed by atoms with Crippen molar-refractivity contribution in [3.63, 3.8) is 0 Å². The first kappa shape index (κ1) is 37.4. The predicted octanol–water partition coefficient (Wildman–Crippen LogP) is 5.84. The number of rotatable bonds is 12. The molecule has 284 valence electrons. The maximum Gasteiger partial charge on any atom is 0.262 e. The molecule has 0 aliphatic carbocycles. The molecule has 2 fully saturated rings. The summed E-state index contributed by atoms with van der Waals surface area (Å²) < 4.78 is 24.4. The number of hydrogen-bond donors (Lipinski definition) is 2. The Labute approximate surface area is 319 Å². The summed E-state index contributed by atoms with van der Waals surface area (Å²) in [5.74, 6) is 1.41. The molecule has 2 aromatic carbocycles. The van der Waals surface area contributed by atoms with Gasteiger partial charge in [0, 0.05) is 74.7 Å². The molecule has 7 rings (SSSR count). The largest absolute Gasteiger partial charge is 0.493 e. The Bertz CT molecular complexity index is 2190. The minimum absolute atomic E-state index is 0.0213. The van der Waals surface area contributed by atoms with Gasteiger partial charge < -0.3 is 34.6 Å². The van der Waals surface area contributed by atoms with Gasteiger partial charge in [-0.15, -0.1) is 10.2 Å². The molecule has 5 heterocycles. The minimum atomic E-state index is -0.570. The molecule has 3 N–H and O–H groups in total. The molecule has 0 spiro atoms. The highest BCUT2D eigenvalue weighted by Gasteiger charge is 2.20. The summed E-state index contributed by atoms with van der Waals surface area (Å²) in [5.41, 5.74) is 10.9. The summed E-state index contributed by atoms with van der Waals surface area (Å²) in [7, 11) is 1.59. The first-order valence-electron chi connectivity index (χ1n) is 18.4. The van der Waals surface area contributed by atoms with Crippen LogP contribution < -0.4 is 26.0 Å². The number of nitrogens with one attached hydrogen (secondary N) is 1. The lowest BCUT2D eigenvalue weighted by Crippen LogP contribution is -2.36. The van der Waals surface area contributed by atoms with Gasteiger partial charge in [0.1, 0.15) is 11.4 Å². The third-order valence-electron chi connectivity index (χ3n) is 9.85. The van der Waals surface area contributed by atoms with Gasteiger partial charge in [-0.05, 0) is 73.2 Å². The van der Waals surface area contributed by atoms with Crippen LogP contribution in [0, 0.1) is 12.8 Å². The van der Waals surface area contributed by atoms with Crippen LogP contribution in [0.15, 0.2) is 96.4 Å². The van der Waals surface area contributed by atoms with E-state index in [0.29, 0.717) is 54.0 Å². The maximum absolute atomic E-state index is 13.8. The van der Waals surface area contributed by atoms with E-state index in [1.165, 1.54) is 0 Å². The number of nitrogen functional groups attached to an aromatic ring is 1. The van der Waals surface area contributed by atoms with E-state index in [1.807, 2.05) is 72.3 Å². The fraction of sp³-hybridized carbons (Fsp3) is 0.310. The van der Waals surface area contributed by atoms with Crippen molar-refractivity contribution in [3.8, 4) is 45.0 Å². The highest BCUT2D eigenvalue weighted by Crippen LogP contribution is 2.35. The van der Waals surface area contributed by atoms with E-state index >= 15 is 0 Å². The number of ether oxygens (including phenoxy) is 4. The number of nitrogens with two attached hydrogens (primary N) is 1. The fourth-order valence-corrected chi connectivity index (χ4v) is 6.67. The van der Waals surface area contributed by atoms with Gasteiger partial charge in [-0.1, -0.05) is 35.9 Å². The fourth-order valence-electron chi connectivity index (χ4n) is 6.67. The lowest BCUT2D eigenvalue weighted by molar-refractivity contribution is 0.0433. The van der Waals surface area contributed by atoms with E-state index in [0.717, 1.165) is 67.9 Å². The molecule has 2 aliphatic rings. The van der Waals surface area contributed by atoms with E-state index in [-0.39, 0.29) is 22.6 Å². The molecule has 13 heteroatoms. The van der Waals surface area contributed by atoms with Gasteiger partial charge in [0.15, 0.2) is 17.3 Å². The van der Waals surface area contributed by atoms with E-state index in [4.69, 9.17) is 24.7 Å². The number of nitrogens with zero attached hydrogens (tertiary/aromatic N) is 5. The number of carbonyl (C=O) groups excluding carboxylic acids is 1. The van der Waals surface area contributed by atoms with Crippen molar-refractivity contribution in [1.29, 1.82) is 0 Å². The van der Waals surface area contributed by atoms with Crippen molar-refractivity contribution >= 4 is 17.5 Å². The first-order chi connectivity index (χ1) is 26.8. The normalized spacial score (nSPS) is 15.2. The molecule has 13 nitrogen and oxygen atoms in total. The number of methoxy groups -OCH3 is 1. The van der Waals surface area contributed by atoms with Crippen LogP contribution in [0.5, 0.6) is 11.5 Å². The summed E-state index contributed by atoms with van der Waals surface area (Å²) in [6.45, 7) is 8.14. The molecule has 0 radical (unpaired) electrons. The van der Waals surface area contributed by atoms with Crippen molar-refractivity contribution in [2.75, 3.05) is 64.2 Å². The van der Waals surface area contributed by atoms with Crippen molar-refractivity contribution in [3.05, 3.63) is 113 Å². The summed E-state index contributed by atoms with van der Waals surface area (Å²) >= 11 is 0. The highest BCUT2D eigenvalue weighted by atomic mass is 16.5. The highest BCUT2D eigenvalue weighted by molar-refractivity contribution is 6.04. The molecule has 3 aromatic heterocycles. The number of anilines is 2. The van der Waals surface area contributed by atoms with Crippen LogP contribution >= 0.6 is 0 Å². The van der Waals surface area contributed by atoms with Crippen molar-refractivity contribution < 1.29 is 23.7 Å². The zero-order valence-electron chi connectivity index (χ0n) is 31.1. The zero-order chi connectivity index (χ0) is 38.1. The Morgan fingerprint density at radius 2 is 1.67 bits per heavy atom. The minimum Gasteiger partial charge on any atom is -0.493 e. The van der Waals surface area contributed by atoms with E-state index < -0.39 is 5.91 Å². The smallest absolute Gasteiger partial charge is 0.262 e. The molecular weight excluding hydrogens is 699 g/mol. The average molecular weight is 744 g/mol. The molecule has 5 aromatic rings. The molecular formula is C42H45N7O6. The summed E-state index contributed by atoms with van der Waals surface area (Å²) in [6, 6.07) is 18.5. The molecule has 2 aliphatic heterocycles. The second kappa shape index (κ2) is 17.5. The van der Waals surface area contributed by atoms with Crippen LogP contribution in [0.1, 0.15) is 28.8 Å². The molecule has 1 amide bonds. The molecule has 0 unspecified atom stereocenters. The van der Waals surface area contributed by atoms with Gasteiger partial charge in [-0.3, -0.25) is 14.5 Å². The van der Waals surface area contributed by atoms with Crippen molar-refractivity contribution in [2.24, 2.45) is 5.92 Å². The predicted molar refractivity (Wildman–Crippen MR) is 211 cm³/mol. The monoisotopic (exact) mass is 743 g/mol. The van der Waals surface area contributed by atoms with Gasteiger partial charge in [0.2, 0.25) is 5.43 Å². The first-order valence-corrected chi connectivity index (χ1v) is 18.4. The van der Waals surface area contributed by atoms with E-state index in [9.17, 15) is 9.59 Å². The van der Waals surface area contributed by atoms with Crippen LogP contribution in [0.3, 0.4) is 0 Å². The number of pyridine rings is 2. The van der Waals surface area contributed by atoms with E-state index in [1.54, 1.807) is 37.9 Å². The SMILES string of the molecule is COc1cc(-c2cnc(N)c(-c3ccc(NC(=O)c4cn(CC5CCOCC5)cc(-c5ccc(C)cc5)c4=O)nn3)c2)ccc1O/C=C/CN1CCOCC1. The summed E-state index contributed by atoms with van der Waals surface area (Å²) in [5, 5.41) is 11.4. The van der Waals surface area contributed by atoms with Crippen molar-refractivity contribution in [2.45, 2.75) is 26.3 Å². The Kier molecular flexibility index (Phi) is 11.9.